The van der Waals surface area contributed by atoms with E-state index in [9.17, 15) is 9.59 Å². The van der Waals surface area contributed by atoms with Gasteiger partial charge in [-0.2, -0.15) is 0 Å². The van der Waals surface area contributed by atoms with Crippen molar-refractivity contribution in [1.29, 1.82) is 0 Å². The van der Waals surface area contributed by atoms with Crippen LogP contribution in [0.3, 0.4) is 0 Å². The van der Waals surface area contributed by atoms with Gasteiger partial charge in [0.25, 0.3) is 11.8 Å². The van der Waals surface area contributed by atoms with Crippen molar-refractivity contribution in [3.63, 3.8) is 0 Å². The molecule has 7 heteroatoms. The van der Waals surface area contributed by atoms with E-state index in [0.29, 0.717) is 11.1 Å². The number of carbonyl (C=O) groups is 2. The van der Waals surface area contributed by atoms with E-state index in [1.807, 2.05) is 24.3 Å². The second kappa shape index (κ2) is 6.89. The molecule has 0 spiro atoms. The summed E-state index contributed by atoms with van der Waals surface area (Å²) in [5.41, 5.74) is 5.15. The van der Waals surface area contributed by atoms with Crippen molar-refractivity contribution >= 4 is 23.6 Å². The fraction of sp³-hybridized carbons (Fsp3) is 0. The molecule has 2 aromatic carbocycles. The van der Waals surface area contributed by atoms with E-state index in [4.69, 9.17) is 11.7 Å². The number of nitrogens with one attached hydrogen (secondary N) is 2. The van der Waals surface area contributed by atoms with E-state index in [0.717, 1.165) is 9.79 Å². The molecule has 0 saturated heterocycles. The summed E-state index contributed by atoms with van der Waals surface area (Å²) in [6, 6.07) is 14.1. The molecule has 108 valence electrons. The Balaban J connectivity index is 2.08. The Hall–Kier alpha value is -2.35. The van der Waals surface area contributed by atoms with Crippen LogP contribution in [-0.2, 0) is 0 Å². The van der Waals surface area contributed by atoms with E-state index in [2.05, 4.69) is 10.9 Å². The molecule has 0 bridgehead atoms. The predicted octanol–water partition coefficient (Wildman–Crippen LogP) is 1.04. The summed E-state index contributed by atoms with van der Waals surface area (Å²) in [6.45, 7) is 0. The molecule has 0 aliphatic carbocycles. The summed E-state index contributed by atoms with van der Waals surface area (Å²) in [5.74, 6) is 9.48. The van der Waals surface area contributed by atoms with Crippen LogP contribution < -0.4 is 22.5 Å². The van der Waals surface area contributed by atoms with Crippen molar-refractivity contribution in [2.45, 2.75) is 9.79 Å². The van der Waals surface area contributed by atoms with Crippen LogP contribution in [-0.4, -0.2) is 11.8 Å². The largest absolute Gasteiger partial charge is 0.290 e. The summed E-state index contributed by atoms with van der Waals surface area (Å²) in [4.78, 5) is 24.6. The molecule has 6 nitrogen and oxygen atoms in total. The molecule has 0 saturated carbocycles. The van der Waals surface area contributed by atoms with E-state index < -0.39 is 0 Å². The number of amides is 2. The van der Waals surface area contributed by atoms with Gasteiger partial charge in [-0.1, -0.05) is 11.8 Å². The van der Waals surface area contributed by atoms with E-state index in [1.54, 1.807) is 24.3 Å². The Labute approximate surface area is 125 Å². The summed E-state index contributed by atoms with van der Waals surface area (Å²) < 4.78 is 0. The lowest BCUT2D eigenvalue weighted by Gasteiger charge is -2.05. The third kappa shape index (κ3) is 3.82. The van der Waals surface area contributed by atoms with Crippen LogP contribution in [0.1, 0.15) is 20.7 Å². The highest BCUT2D eigenvalue weighted by Crippen LogP contribution is 2.27. The minimum atomic E-state index is -0.330. The monoisotopic (exact) mass is 302 g/mol. The van der Waals surface area contributed by atoms with Crippen molar-refractivity contribution in [3.8, 4) is 0 Å². The Morgan fingerprint density at radius 3 is 1.33 bits per heavy atom. The second-order valence-corrected chi connectivity index (χ2v) is 5.24. The smallest absolute Gasteiger partial charge is 0.265 e. The highest BCUT2D eigenvalue weighted by molar-refractivity contribution is 7.99. The van der Waals surface area contributed by atoms with Crippen molar-refractivity contribution in [3.05, 3.63) is 59.7 Å². The molecule has 2 rings (SSSR count). The number of carbonyl (C=O) groups excluding carboxylic acids is 2. The Kier molecular flexibility index (Phi) is 4.94. The molecule has 0 atom stereocenters. The number of nitrogen functional groups attached to an aromatic ring is 2. The first-order valence-corrected chi connectivity index (χ1v) is 6.85. The topological polar surface area (TPSA) is 110 Å². The van der Waals surface area contributed by atoms with E-state index in [-0.39, 0.29) is 11.8 Å². The second-order valence-electron chi connectivity index (χ2n) is 4.10. The summed E-state index contributed by atoms with van der Waals surface area (Å²) in [5, 5.41) is 0. The van der Waals surface area contributed by atoms with E-state index >= 15 is 0 Å². The zero-order valence-electron chi connectivity index (χ0n) is 11.0. The molecule has 2 amide bonds. The van der Waals surface area contributed by atoms with Crippen molar-refractivity contribution in [1.82, 2.24) is 10.9 Å². The molecular weight excluding hydrogens is 288 g/mol. The minimum Gasteiger partial charge on any atom is -0.290 e. The molecule has 6 N–H and O–H groups in total. The van der Waals surface area contributed by atoms with Crippen LogP contribution in [0.2, 0.25) is 0 Å². The van der Waals surface area contributed by atoms with Gasteiger partial charge in [-0.25, -0.2) is 11.7 Å². The third-order valence-corrected chi connectivity index (χ3v) is 3.75. The normalized spacial score (nSPS) is 10.0. The van der Waals surface area contributed by atoms with Gasteiger partial charge in [0.15, 0.2) is 0 Å². The van der Waals surface area contributed by atoms with Gasteiger partial charge in [0.1, 0.15) is 0 Å². The first-order chi connectivity index (χ1) is 10.1. The number of hydrazine groups is 2. The summed E-state index contributed by atoms with van der Waals surface area (Å²) in [7, 11) is 0. The standard InChI is InChI=1S/C14H14N4O2S/c15-17-13(19)9-1-5-11(6-2-9)21-12-7-3-10(4-8-12)14(20)18-16/h1-8H,15-16H2,(H,17,19)(H,18,20). The first-order valence-electron chi connectivity index (χ1n) is 6.04. The molecule has 0 aromatic heterocycles. The number of rotatable bonds is 4. The number of nitrogens with two attached hydrogens (primary N) is 2. The maximum atomic E-state index is 11.3. The third-order valence-electron chi connectivity index (χ3n) is 2.73. The highest BCUT2D eigenvalue weighted by Gasteiger charge is 2.05. The molecule has 0 aliphatic rings. The van der Waals surface area contributed by atoms with Crippen LogP contribution in [0, 0.1) is 0 Å². The number of benzene rings is 2. The highest BCUT2D eigenvalue weighted by atomic mass is 32.2. The predicted molar refractivity (Wildman–Crippen MR) is 80.3 cm³/mol. The molecular formula is C14H14N4O2S. The average Bonchev–Trinajstić information content (AvgIpc) is 2.55. The molecule has 0 aliphatic heterocycles. The van der Waals surface area contributed by atoms with Crippen LogP contribution in [0.15, 0.2) is 58.3 Å². The number of hydrogen-bond acceptors (Lipinski definition) is 5. The van der Waals surface area contributed by atoms with Gasteiger partial charge in [-0.15, -0.1) is 0 Å². The van der Waals surface area contributed by atoms with Crippen molar-refractivity contribution in [2.75, 3.05) is 0 Å². The lowest BCUT2D eigenvalue weighted by molar-refractivity contribution is 0.0945. The maximum Gasteiger partial charge on any atom is 0.265 e. The SMILES string of the molecule is NNC(=O)c1ccc(Sc2ccc(C(=O)NN)cc2)cc1. The molecule has 0 heterocycles. The van der Waals surface area contributed by atoms with Crippen LogP contribution in [0.4, 0.5) is 0 Å². The van der Waals surface area contributed by atoms with Gasteiger partial charge in [0.2, 0.25) is 0 Å². The lowest BCUT2D eigenvalue weighted by atomic mass is 10.2. The van der Waals surface area contributed by atoms with Gasteiger partial charge in [-0.3, -0.25) is 20.4 Å². The fourth-order valence-electron chi connectivity index (χ4n) is 1.65. The zero-order chi connectivity index (χ0) is 15.2. The lowest BCUT2D eigenvalue weighted by Crippen LogP contribution is -2.29. The van der Waals surface area contributed by atoms with E-state index in [1.165, 1.54) is 11.8 Å². The average molecular weight is 302 g/mol. The summed E-state index contributed by atoms with van der Waals surface area (Å²) >= 11 is 1.52. The zero-order valence-corrected chi connectivity index (χ0v) is 11.8. The molecule has 0 radical (unpaired) electrons. The van der Waals surface area contributed by atoms with Gasteiger partial charge >= 0.3 is 0 Å². The summed E-state index contributed by atoms with van der Waals surface area (Å²) in [6.07, 6.45) is 0. The molecule has 21 heavy (non-hydrogen) atoms. The quantitative estimate of drug-likeness (QED) is 0.383. The number of hydrogen-bond donors (Lipinski definition) is 4. The minimum absolute atomic E-state index is 0.330. The van der Waals surface area contributed by atoms with Gasteiger partial charge in [0.05, 0.1) is 0 Å². The van der Waals surface area contributed by atoms with Crippen LogP contribution in [0.5, 0.6) is 0 Å². The van der Waals surface area contributed by atoms with Crippen LogP contribution >= 0.6 is 11.8 Å². The molecule has 0 unspecified atom stereocenters. The Morgan fingerprint density at radius 1 is 0.714 bits per heavy atom. The van der Waals surface area contributed by atoms with Gasteiger partial charge in [-0.05, 0) is 48.5 Å². The molecule has 2 aromatic rings. The maximum absolute atomic E-state index is 11.3. The molecule has 0 fully saturated rings. The Morgan fingerprint density at radius 2 is 1.05 bits per heavy atom. The van der Waals surface area contributed by atoms with Gasteiger partial charge in [0, 0.05) is 20.9 Å². The Bertz CT molecular complexity index is 584. The van der Waals surface area contributed by atoms with Crippen molar-refractivity contribution < 1.29 is 9.59 Å². The fourth-order valence-corrected chi connectivity index (χ4v) is 2.47. The van der Waals surface area contributed by atoms with Gasteiger partial charge < -0.3 is 0 Å². The first kappa shape index (κ1) is 15.0. The van der Waals surface area contributed by atoms with Crippen LogP contribution in [0.25, 0.3) is 0 Å². The van der Waals surface area contributed by atoms with Crippen molar-refractivity contribution in [2.24, 2.45) is 11.7 Å².